The largest absolute Gasteiger partial charge is 0.462 e. The molecule has 1 aromatic carbocycles. The predicted octanol–water partition coefficient (Wildman–Crippen LogP) is 3.46. The fourth-order valence-corrected chi connectivity index (χ4v) is 1.74. The maximum Gasteiger partial charge on any atom is 0.338 e. The van der Waals surface area contributed by atoms with Gasteiger partial charge in [-0.1, -0.05) is 19.4 Å². The van der Waals surface area contributed by atoms with Crippen LogP contribution < -0.4 is 5.32 Å². The van der Waals surface area contributed by atoms with Crippen molar-refractivity contribution in [3.8, 4) is 0 Å². The van der Waals surface area contributed by atoms with Crippen molar-refractivity contribution in [2.75, 3.05) is 11.9 Å². The predicted molar refractivity (Wildman–Crippen MR) is 70.4 cm³/mol. The molecule has 0 aliphatic carbocycles. The molecule has 94 valence electrons. The Hall–Kier alpha value is -1.51. The minimum absolute atomic E-state index is 0.265. The van der Waals surface area contributed by atoms with Crippen molar-refractivity contribution in [2.45, 2.75) is 39.7 Å². The van der Waals surface area contributed by atoms with Gasteiger partial charge in [0.15, 0.2) is 0 Å². The second-order valence-electron chi connectivity index (χ2n) is 4.14. The van der Waals surface area contributed by atoms with Gasteiger partial charge < -0.3 is 10.1 Å². The summed E-state index contributed by atoms with van der Waals surface area (Å²) in [5.41, 5.74) is 1.57. The van der Waals surface area contributed by atoms with E-state index in [9.17, 15) is 4.79 Å². The molecule has 1 unspecified atom stereocenters. The lowest BCUT2D eigenvalue weighted by Crippen LogP contribution is -2.15. The Bertz CT molecular complexity index is 363. The van der Waals surface area contributed by atoms with Gasteiger partial charge in [-0.3, -0.25) is 0 Å². The van der Waals surface area contributed by atoms with Crippen LogP contribution in [0.1, 0.15) is 44.0 Å². The van der Waals surface area contributed by atoms with Crippen molar-refractivity contribution >= 4 is 11.7 Å². The first kappa shape index (κ1) is 13.6. The molecule has 0 fully saturated rings. The lowest BCUT2D eigenvalue weighted by Gasteiger charge is -2.14. The Balaban J connectivity index is 2.68. The molecule has 3 nitrogen and oxygen atoms in total. The summed E-state index contributed by atoms with van der Waals surface area (Å²) in [5.74, 6) is -0.265. The zero-order valence-electron chi connectivity index (χ0n) is 10.8. The van der Waals surface area contributed by atoms with E-state index < -0.39 is 0 Å². The topological polar surface area (TPSA) is 38.3 Å². The molecule has 0 radical (unpaired) electrons. The highest BCUT2D eigenvalue weighted by Crippen LogP contribution is 2.14. The van der Waals surface area contributed by atoms with Gasteiger partial charge >= 0.3 is 5.97 Å². The van der Waals surface area contributed by atoms with Crippen molar-refractivity contribution in [3.63, 3.8) is 0 Å². The molecule has 3 heteroatoms. The van der Waals surface area contributed by atoms with Gasteiger partial charge in [0.1, 0.15) is 0 Å². The monoisotopic (exact) mass is 235 g/mol. The smallest absolute Gasteiger partial charge is 0.338 e. The molecule has 0 bridgehead atoms. The van der Waals surface area contributed by atoms with Crippen molar-refractivity contribution in [1.29, 1.82) is 0 Å². The summed E-state index contributed by atoms with van der Waals surface area (Å²) >= 11 is 0. The molecule has 0 heterocycles. The first-order chi connectivity index (χ1) is 8.17. The molecule has 0 aromatic heterocycles. The van der Waals surface area contributed by atoms with Crippen LogP contribution in [0.5, 0.6) is 0 Å². The quantitative estimate of drug-likeness (QED) is 0.767. The number of benzene rings is 1. The van der Waals surface area contributed by atoms with E-state index in [4.69, 9.17) is 4.74 Å². The van der Waals surface area contributed by atoms with Gasteiger partial charge in [-0.15, -0.1) is 0 Å². The minimum Gasteiger partial charge on any atom is -0.462 e. The van der Waals surface area contributed by atoms with Gasteiger partial charge in [0.25, 0.3) is 0 Å². The molecule has 17 heavy (non-hydrogen) atoms. The van der Waals surface area contributed by atoms with E-state index in [0.29, 0.717) is 18.2 Å². The van der Waals surface area contributed by atoms with Crippen molar-refractivity contribution in [3.05, 3.63) is 29.8 Å². The van der Waals surface area contributed by atoms with Crippen LogP contribution in [0.3, 0.4) is 0 Å². The molecule has 1 atom stereocenters. The number of carbonyl (C=O) groups excluding carboxylic acids is 1. The Kier molecular flexibility index (Phi) is 5.53. The van der Waals surface area contributed by atoms with Crippen LogP contribution in [-0.2, 0) is 4.74 Å². The van der Waals surface area contributed by atoms with Crippen LogP contribution >= 0.6 is 0 Å². The highest BCUT2D eigenvalue weighted by molar-refractivity contribution is 5.90. The Morgan fingerprint density at radius 2 is 2.18 bits per heavy atom. The number of nitrogens with one attached hydrogen (secondary N) is 1. The van der Waals surface area contributed by atoms with Gasteiger partial charge in [-0.05, 0) is 38.5 Å². The number of carbonyl (C=O) groups is 1. The number of esters is 1. The van der Waals surface area contributed by atoms with E-state index in [2.05, 4.69) is 19.2 Å². The molecule has 1 rings (SSSR count). The van der Waals surface area contributed by atoms with Gasteiger partial charge in [0.05, 0.1) is 12.2 Å². The molecular weight excluding hydrogens is 214 g/mol. The molecule has 0 saturated carbocycles. The van der Waals surface area contributed by atoms with Crippen molar-refractivity contribution < 1.29 is 9.53 Å². The highest BCUT2D eigenvalue weighted by Gasteiger charge is 2.07. The van der Waals surface area contributed by atoms with E-state index >= 15 is 0 Å². The molecule has 0 aliphatic heterocycles. The molecule has 1 aromatic rings. The fourth-order valence-electron chi connectivity index (χ4n) is 1.74. The van der Waals surface area contributed by atoms with E-state index in [0.717, 1.165) is 18.5 Å². The molecule has 0 amide bonds. The maximum absolute atomic E-state index is 11.6. The molecule has 1 N–H and O–H groups in total. The average molecular weight is 235 g/mol. The SMILES string of the molecule is CCCC(C)Nc1cccc(C(=O)OCC)c1. The lowest BCUT2D eigenvalue weighted by atomic mass is 10.1. The summed E-state index contributed by atoms with van der Waals surface area (Å²) in [6, 6.07) is 7.86. The Morgan fingerprint density at radius 1 is 1.41 bits per heavy atom. The first-order valence-electron chi connectivity index (χ1n) is 6.21. The van der Waals surface area contributed by atoms with Crippen LogP contribution in [0, 0.1) is 0 Å². The average Bonchev–Trinajstić information content (AvgIpc) is 2.30. The molecule has 0 aliphatic rings. The summed E-state index contributed by atoms with van der Waals surface area (Å²) in [5, 5.41) is 3.37. The van der Waals surface area contributed by atoms with Gasteiger partial charge in [0, 0.05) is 11.7 Å². The number of ether oxygens (including phenoxy) is 1. The third-order valence-electron chi connectivity index (χ3n) is 2.51. The van der Waals surface area contributed by atoms with E-state index in [1.54, 1.807) is 6.07 Å². The van der Waals surface area contributed by atoms with Gasteiger partial charge in [-0.2, -0.15) is 0 Å². The van der Waals surface area contributed by atoms with Gasteiger partial charge in [-0.25, -0.2) is 4.79 Å². The summed E-state index contributed by atoms with van der Waals surface area (Å²) in [6.07, 6.45) is 2.26. The van der Waals surface area contributed by atoms with Crippen LogP contribution in [0.25, 0.3) is 0 Å². The molecule has 0 spiro atoms. The van der Waals surface area contributed by atoms with Gasteiger partial charge in [0.2, 0.25) is 0 Å². The molecule has 0 saturated heterocycles. The normalized spacial score (nSPS) is 11.9. The zero-order valence-corrected chi connectivity index (χ0v) is 10.8. The first-order valence-corrected chi connectivity index (χ1v) is 6.21. The Labute approximate surface area is 103 Å². The van der Waals surface area contributed by atoms with E-state index in [-0.39, 0.29) is 5.97 Å². The minimum atomic E-state index is -0.265. The number of hydrogen-bond acceptors (Lipinski definition) is 3. The fraction of sp³-hybridized carbons (Fsp3) is 0.500. The molecular formula is C14H21NO2. The van der Waals surface area contributed by atoms with Crippen LogP contribution in [0.15, 0.2) is 24.3 Å². The zero-order chi connectivity index (χ0) is 12.7. The summed E-state index contributed by atoms with van der Waals surface area (Å²) < 4.78 is 4.97. The second-order valence-corrected chi connectivity index (χ2v) is 4.14. The highest BCUT2D eigenvalue weighted by atomic mass is 16.5. The maximum atomic E-state index is 11.6. The van der Waals surface area contributed by atoms with E-state index in [1.165, 1.54) is 0 Å². The van der Waals surface area contributed by atoms with Crippen molar-refractivity contribution in [2.24, 2.45) is 0 Å². The van der Waals surface area contributed by atoms with Crippen molar-refractivity contribution in [1.82, 2.24) is 0 Å². The third-order valence-corrected chi connectivity index (χ3v) is 2.51. The van der Waals surface area contributed by atoms with Crippen LogP contribution in [0.4, 0.5) is 5.69 Å². The standard InChI is InChI=1S/C14H21NO2/c1-4-7-11(3)15-13-9-6-8-12(10-13)14(16)17-5-2/h6,8-11,15H,4-5,7H2,1-3H3. The summed E-state index contributed by atoms with van der Waals surface area (Å²) in [4.78, 5) is 11.6. The Morgan fingerprint density at radius 3 is 2.82 bits per heavy atom. The lowest BCUT2D eigenvalue weighted by molar-refractivity contribution is 0.0526. The third kappa shape index (κ3) is 4.47. The summed E-state index contributed by atoms with van der Waals surface area (Å²) in [6.45, 7) is 6.51. The number of anilines is 1. The summed E-state index contributed by atoms with van der Waals surface area (Å²) in [7, 11) is 0. The van der Waals surface area contributed by atoms with E-state index in [1.807, 2.05) is 25.1 Å². The second kappa shape index (κ2) is 6.94. The number of hydrogen-bond donors (Lipinski definition) is 1. The van der Waals surface area contributed by atoms with Crippen LogP contribution in [-0.4, -0.2) is 18.6 Å². The van der Waals surface area contributed by atoms with Crippen LogP contribution in [0.2, 0.25) is 0 Å². The number of rotatable bonds is 6.